The maximum absolute atomic E-state index is 13.0. The monoisotopic (exact) mass is 362 g/mol. The highest BCUT2D eigenvalue weighted by molar-refractivity contribution is 6.01. The lowest BCUT2D eigenvalue weighted by Gasteiger charge is -2.52. The van der Waals surface area contributed by atoms with Gasteiger partial charge in [-0.15, -0.1) is 0 Å². The molecular formula is C21H22N4O2. The fourth-order valence-electron chi connectivity index (χ4n) is 5.81. The Labute approximate surface area is 158 Å². The van der Waals surface area contributed by atoms with Gasteiger partial charge in [0.2, 0.25) is 0 Å². The molecule has 3 heterocycles. The van der Waals surface area contributed by atoms with E-state index in [0.717, 1.165) is 12.0 Å². The van der Waals surface area contributed by atoms with Gasteiger partial charge < -0.3 is 4.90 Å². The molecule has 6 unspecified atom stereocenters. The van der Waals surface area contributed by atoms with Crippen molar-refractivity contribution in [3.63, 3.8) is 0 Å². The number of nitrogens with zero attached hydrogens (tertiary/aromatic N) is 3. The van der Waals surface area contributed by atoms with Crippen molar-refractivity contribution >= 4 is 17.9 Å². The number of carbonyl (C=O) groups excluding carboxylic acids is 2. The van der Waals surface area contributed by atoms with Crippen molar-refractivity contribution in [3.8, 4) is 0 Å². The molecule has 0 saturated carbocycles. The number of fused-ring (bicyclic) bond motifs is 2. The Balaban J connectivity index is 1.57. The van der Waals surface area contributed by atoms with Gasteiger partial charge >= 0.3 is 0 Å². The summed E-state index contributed by atoms with van der Waals surface area (Å²) >= 11 is 0. The van der Waals surface area contributed by atoms with Crippen LogP contribution in [0.1, 0.15) is 19.8 Å². The van der Waals surface area contributed by atoms with E-state index in [1.807, 2.05) is 24.2 Å². The van der Waals surface area contributed by atoms with Gasteiger partial charge in [-0.3, -0.25) is 19.9 Å². The average molecular weight is 362 g/mol. The van der Waals surface area contributed by atoms with Crippen molar-refractivity contribution in [2.75, 3.05) is 7.05 Å². The Kier molecular flexibility index (Phi) is 2.81. The first-order chi connectivity index (χ1) is 13.0. The van der Waals surface area contributed by atoms with E-state index in [1.165, 1.54) is 11.1 Å². The molecule has 1 N–H and O–H groups in total. The Morgan fingerprint density at radius 1 is 1.30 bits per heavy atom. The first-order valence-electron chi connectivity index (χ1n) is 9.75. The third-order valence-electron chi connectivity index (χ3n) is 7.23. The zero-order chi connectivity index (χ0) is 18.5. The second-order valence-corrected chi connectivity index (χ2v) is 8.48. The van der Waals surface area contributed by atoms with Crippen LogP contribution in [0.5, 0.6) is 0 Å². The normalized spacial score (nSPS) is 43.6. The number of likely N-dealkylation sites (N-methyl/N-ethyl adjacent to an activating group) is 1. The van der Waals surface area contributed by atoms with Crippen LogP contribution in [0.2, 0.25) is 0 Å². The summed E-state index contributed by atoms with van der Waals surface area (Å²) < 4.78 is 0. The molecule has 1 amide bonds. The minimum absolute atomic E-state index is 0.0430. The summed E-state index contributed by atoms with van der Waals surface area (Å²) in [6, 6.07) is 0.228. The quantitative estimate of drug-likeness (QED) is 0.657. The lowest BCUT2D eigenvalue weighted by atomic mass is 9.65. The topological polar surface area (TPSA) is 65.0 Å². The second kappa shape index (κ2) is 4.87. The predicted molar refractivity (Wildman–Crippen MR) is 101 cm³/mol. The van der Waals surface area contributed by atoms with Gasteiger partial charge in [0, 0.05) is 49.2 Å². The zero-order valence-corrected chi connectivity index (χ0v) is 15.4. The summed E-state index contributed by atoms with van der Waals surface area (Å²) in [5, 5.41) is 10.7. The van der Waals surface area contributed by atoms with E-state index in [-0.39, 0.29) is 41.7 Å². The summed E-state index contributed by atoms with van der Waals surface area (Å²) in [5.74, 6) is 0.674. The van der Waals surface area contributed by atoms with E-state index >= 15 is 0 Å². The Morgan fingerprint density at radius 2 is 2.15 bits per heavy atom. The standard InChI is InChI=1S/C21H22N4O2/c1-11-14-7-8-21-19-12(3-5-15(18(14)19)20(27)24(11)2)10-22-25(21)17-6-4-13(26)9-16(17)23-21/h4-8,10-12,14,16-17,23H,3,9H2,1-2H3. The number of likely N-dealkylation sites (tertiary alicyclic amines) is 1. The van der Waals surface area contributed by atoms with Gasteiger partial charge in [0.15, 0.2) is 11.4 Å². The SMILES string of the molecule is CC1C2C=CC34NC5CC(=O)C=CC5N3N=CC3CC=C(C(=O)N1C)C2=C34. The largest absolute Gasteiger partial charge is 0.338 e. The fraction of sp³-hybridized carbons (Fsp3) is 0.476. The van der Waals surface area contributed by atoms with Crippen LogP contribution in [0.3, 0.4) is 0 Å². The van der Waals surface area contributed by atoms with E-state index in [4.69, 9.17) is 5.10 Å². The first-order valence-corrected chi connectivity index (χ1v) is 9.75. The average Bonchev–Trinajstić information content (AvgIpc) is 2.98. The number of hydrazone groups is 1. The molecule has 0 aromatic rings. The van der Waals surface area contributed by atoms with Crippen molar-refractivity contribution < 1.29 is 9.59 Å². The van der Waals surface area contributed by atoms with Gasteiger partial charge in [-0.2, -0.15) is 5.10 Å². The number of ketones is 1. The number of hydrogen-bond donors (Lipinski definition) is 1. The summed E-state index contributed by atoms with van der Waals surface area (Å²) in [7, 11) is 1.90. The lowest BCUT2D eigenvalue weighted by molar-refractivity contribution is -0.129. The van der Waals surface area contributed by atoms with E-state index in [0.29, 0.717) is 6.42 Å². The Hall–Kier alpha value is -2.47. The third-order valence-corrected chi connectivity index (χ3v) is 7.23. The molecule has 2 saturated heterocycles. The summed E-state index contributed by atoms with van der Waals surface area (Å²) in [6.07, 6.45) is 13.6. The van der Waals surface area contributed by atoms with Crippen molar-refractivity contribution in [1.29, 1.82) is 0 Å². The Bertz CT molecular complexity index is 942. The number of piperidine rings is 1. The van der Waals surface area contributed by atoms with Gasteiger partial charge in [-0.05, 0) is 36.6 Å². The van der Waals surface area contributed by atoms with Gasteiger partial charge in [-0.25, -0.2) is 0 Å². The molecule has 6 atom stereocenters. The second-order valence-electron chi connectivity index (χ2n) is 8.48. The molecule has 3 aliphatic heterocycles. The number of amides is 1. The predicted octanol–water partition coefficient (Wildman–Crippen LogP) is 1.14. The molecule has 0 radical (unpaired) electrons. The molecule has 3 aliphatic carbocycles. The molecular weight excluding hydrogens is 340 g/mol. The van der Waals surface area contributed by atoms with Crippen LogP contribution in [0.25, 0.3) is 0 Å². The van der Waals surface area contributed by atoms with Gasteiger partial charge in [-0.1, -0.05) is 18.2 Å². The van der Waals surface area contributed by atoms with E-state index in [9.17, 15) is 9.59 Å². The maximum Gasteiger partial charge on any atom is 0.253 e. The number of nitrogens with one attached hydrogen (secondary N) is 1. The number of carbonyl (C=O) groups is 2. The van der Waals surface area contributed by atoms with Crippen molar-refractivity contribution in [1.82, 2.24) is 15.2 Å². The molecule has 1 spiro atoms. The van der Waals surface area contributed by atoms with E-state index in [1.54, 1.807) is 6.08 Å². The van der Waals surface area contributed by atoms with Crippen molar-refractivity contribution in [2.24, 2.45) is 16.9 Å². The molecule has 138 valence electrons. The van der Waals surface area contributed by atoms with Crippen LogP contribution in [-0.4, -0.2) is 58.6 Å². The highest BCUT2D eigenvalue weighted by Gasteiger charge is 2.59. The van der Waals surface area contributed by atoms with Crippen LogP contribution >= 0.6 is 0 Å². The molecule has 6 rings (SSSR count). The molecule has 27 heavy (non-hydrogen) atoms. The van der Waals surface area contributed by atoms with Crippen LogP contribution in [-0.2, 0) is 9.59 Å². The van der Waals surface area contributed by atoms with E-state index < -0.39 is 5.66 Å². The third kappa shape index (κ3) is 1.72. The molecule has 0 aromatic heterocycles. The van der Waals surface area contributed by atoms with Gasteiger partial charge in [0.1, 0.15) is 0 Å². The van der Waals surface area contributed by atoms with Crippen LogP contribution in [0, 0.1) is 11.8 Å². The van der Waals surface area contributed by atoms with Gasteiger partial charge in [0.05, 0.1) is 6.04 Å². The number of hydrogen-bond acceptors (Lipinski definition) is 5. The summed E-state index contributed by atoms with van der Waals surface area (Å²) in [5.41, 5.74) is 2.78. The molecule has 0 bridgehead atoms. The van der Waals surface area contributed by atoms with Crippen LogP contribution in [0.15, 0.2) is 52.2 Å². The minimum atomic E-state index is -0.523. The summed E-state index contributed by atoms with van der Waals surface area (Å²) in [6.45, 7) is 2.12. The molecule has 6 heteroatoms. The Morgan fingerprint density at radius 3 is 3.00 bits per heavy atom. The highest BCUT2D eigenvalue weighted by atomic mass is 16.2. The smallest absolute Gasteiger partial charge is 0.253 e. The molecule has 0 aromatic carbocycles. The fourth-order valence-corrected chi connectivity index (χ4v) is 5.81. The molecule has 6 aliphatic rings. The van der Waals surface area contributed by atoms with Crippen LogP contribution < -0.4 is 5.32 Å². The van der Waals surface area contributed by atoms with Gasteiger partial charge in [0.25, 0.3) is 5.91 Å². The van der Waals surface area contributed by atoms with E-state index in [2.05, 4.69) is 35.5 Å². The molecule has 2 fully saturated rings. The minimum Gasteiger partial charge on any atom is -0.338 e. The van der Waals surface area contributed by atoms with Crippen molar-refractivity contribution in [2.45, 2.75) is 43.6 Å². The number of allylic oxidation sites excluding steroid dienone is 2. The zero-order valence-electron chi connectivity index (χ0n) is 15.4. The number of rotatable bonds is 0. The summed E-state index contributed by atoms with van der Waals surface area (Å²) in [4.78, 5) is 26.8. The van der Waals surface area contributed by atoms with Crippen LogP contribution in [0.4, 0.5) is 0 Å². The maximum atomic E-state index is 13.0. The lowest BCUT2D eigenvalue weighted by Crippen LogP contribution is -2.60. The van der Waals surface area contributed by atoms with Crippen molar-refractivity contribution in [3.05, 3.63) is 47.1 Å². The molecule has 6 nitrogen and oxygen atoms in total. The first kappa shape index (κ1) is 15.6. The highest BCUT2D eigenvalue weighted by Crippen LogP contribution is 2.53.